The highest BCUT2D eigenvalue weighted by Gasteiger charge is 2.25. The highest BCUT2D eigenvalue weighted by atomic mass is 16.7. The number of carboxylic acids is 1. The molecule has 9 nitrogen and oxygen atoms in total. The summed E-state index contributed by atoms with van der Waals surface area (Å²) in [5.74, 6) is -2.10. The molecule has 0 heterocycles. The summed E-state index contributed by atoms with van der Waals surface area (Å²) in [7, 11) is 5.94. The summed E-state index contributed by atoms with van der Waals surface area (Å²) >= 11 is 0. The van der Waals surface area contributed by atoms with Crippen LogP contribution in [0.3, 0.4) is 0 Å². The molecule has 0 aliphatic heterocycles. The predicted octanol–water partition coefficient (Wildman–Crippen LogP) is 18.8. The summed E-state index contributed by atoms with van der Waals surface area (Å²) < 4.78 is 22.8. The molecule has 0 aliphatic carbocycles. The number of unbranched alkanes of at least 4 members (excludes halogenated alkanes) is 16. The fourth-order valence-electron chi connectivity index (χ4n) is 7.91. The molecule has 0 aliphatic rings. The van der Waals surface area contributed by atoms with E-state index >= 15 is 0 Å². The van der Waals surface area contributed by atoms with Gasteiger partial charge in [-0.2, -0.15) is 0 Å². The van der Waals surface area contributed by atoms with E-state index < -0.39 is 30.3 Å². The first-order valence-electron chi connectivity index (χ1n) is 31.0. The molecule has 1 N–H and O–H groups in total. The zero-order valence-electron chi connectivity index (χ0n) is 50.7. The summed E-state index contributed by atoms with van der Waals surface area (Å²) in [4.78, 5) is 37.4. The predicted molar refractivity (Wildman–Crippen MR) is 336 cm³/mol. The van der Waals surface area contributed by atoms with Crippen molar-refractivity contribution in [3.63, 3.8) is 0 Å². The first kappa shape index (κ1) is 74.2. The number of esters is 2. The zero-order valence-corrected chi connectivity index (χ0v) is 50.7. The lowest BCUT2D eigenvalue weighted by atomic mass is 10.0. The van der Waals surface area contributed by atoms with Crippen molar-refractivity contribution in [2.24, 2.45) is 0 Å². The number of quaternary nitrogens is 1. The number of aliphatic carboxylic acids is 1. The molecule has 0 aromatic carbocycles. The Morgan fingerprint density at radius 3 is 1.05 bits per heavy atom. The van der Waals surface area contributed by atoms with Crippen molar-refractivity contribution in [3.05, 3.63) is 146 Å². The van der Waals surface area contributed by atoms with Crippen LogP contribution in [0, 0.1) is 0 Å². The number of hydrogen-bond donors (Lipinski definition) is 1. The van der Waals surface area contributed by atoms with E-state index in [2.05, 4.69) is 160 Å². The third-order valence-corrected chi connectivity index (χ3v) is 12.6. The second-order valence-corrected chi connectivity index (χ2v) is 21.2. The molecule has 0 radical (unpaired) electrons. The molecule has 0 saturated heterocycles. The lowest BCUT2D eigenvalue weighted by Crippen LogP contribution is -2.40. The number of carbonyl (C=O) groups is 3. The van der Waals surface area contributed by atoms with Gasteiger partial charge < -0.3 is 28.5 Å². The third-order valence-electron chi connectivity index (χ3n) is 12.6. The average molecular weight is 1100 g/mol. The molecular formula is C70H114NO8+. The van der Waals surface area contributed by atoms with E-state index in [1.54, 1.807) is 0 Å². The second kappa shape index (κ2) is 59.3. The van der Waals surface area contributed by atoms with Gasteiger partial charge in [0.1, 0.15) is 13.2 Å². The van der Waals surface area contributed by atoms with Gasteiger partial charge in [0.25, 0.3) is 6.29 Å². The van der Waals surface area contributed by atoms with Gasteiger partial charge in [-0.15, -0.1) is 0 Å². The van der Waals surface area contributed by atoms with Crippen molar-refractivity contribution >= 4 is 17.9 Å². The van der Waals surface area contributed by atoms with E-state index in [9.17, 15) is 19.5 Å². The van der Waals surface area contributed by atoms with Gasteiger partial charge in [-0.25, -0.2) is 4.79 Å². The molecule has 9 heteroatoms. The topological polar surface area (TPSA) is 108 Å². The maximum Gasteiger partial charge on any atom is 0.361 e. The number of hydrogen-bond acceptors (Lipinski definition) is 7. The summed E-state index contributed by atoms with van der Waals surface area (Å²) in [6.07, 6.45) is 83.8. The molecule has 446 valence electrons. The van der Waals surface area contributed by atoms with Crippen LogP contribution < -0.4 is 0 Å². The number of carboxylic acid groups (broad SMARTS) is 1. The van der Waals surface area contributed by atoms with E-state index in [1.165, 1.54) is 77.0 Å². The Morgan fingerprint density at radius 2 is 0.696 bits per heavy atom. The molecule has 2 atom stereocenters. The number of nitrogens with zero attached hydrogens (tertiary/aromatic N) is 1. The van der Waals surface area contributed by atoms with Crippen molar-refractivity contribution in [3.8, 4) is 0 Å². The molecule has 0 spiro atoms. The van der Waals surface area contributed by atoms with Crippen LogP contribution in [0.4, 0.5) is 0 Å². The van der Waals surface area contributed by atoms with Crippen molar-refractivity contribution in [2.45, 2.75) is 232 Å². The minimum atomic E-state index is -1.53. The van der Waals surface area contributed by atoms with Crippen LogP contribution in [0.5, 0.6) is 0 Å². The van der Waals surface area contributed by atoms with E-state index in [0.29, 0.717) is 23.9 Å². The minimum absolute atomic E-state index is 0.172. The monoisotopic (exact) mass is 1100 g/mol. The Kier molecular flexibility index (Phi) is 55.7. The number of allylic oxidation sites excluding steroid dienone is 24. The minimum Gasteiger partial charge on any atom is -0.477 e. The van der Waals surface area contributed by atoms with E-state index in [0.717, 1.165) is 103 Å². The zero-order chi connectivity index (χ0) is 57.6. The smallest absolute Gasteiger partial charge is 0.361 e. The van der Waals surface area contributed by atoms with Gasteiger partial charge in [-0.3, -0.25) is 9.59 Å². The fourth-order valence-corrected chi connectivity index (χ4v) is 7.91. The van der Waals surface area contributed by atoms with Crippen LogP contribution >= 0.6 is 0 Å². The largest absolute Gasteiger partial charge is 0.477 e. The van der Waals surface area contributed by atoms with Crippen LogP contribution in [0.15, 0.2) is 146 Å². The molecule has 0 amide bonds. The number of ether oxygens (including phenoxy) is 4. The molecule has 0 aromatic rings. The van der Waals surface area contributed by atoms with Crippen LogP contribution in [-0.2, 0) is 33.3 Å². The van der Waals surface area contributed by atoms with Gasteiger partial charge in [0, 0.05) is 12.8 Å². The average Bonchev–Trinajstić information content (AvgIpc) is 3.42. The fraction of sp³-hybridized carbons (Fsp3) is 0.614. The summed E-state index contributed by atoms with van der Waals surface area (Å²) in [6.45, 7) is 4.57. The SMILES string of the molecule is CC/C=C\C/C=C\C/C=C\C/C=C\C/C=C\C/C=C\C/C=C\CCCCCCCCCCCCCCCCCC(=O)OC(COC(=O)CCC/C=C\C/C=C\C/C=C\C/C=C\C/C=C\CC)COC(OCC[N+](C)(C)C)C(=O)O. The maximum atomic E-state index is 12.9. The molecule has 79 heavy (non-hydrogen) atoms. The number of rotatable bonds is 55. The normalized spacial score (nSPS) is 13.8. The molecule has 0 bridgehead atoms. The Morgan fingerprint density at radius 1 is 0.380 bits per heavy atom. The molecule has 2 unspecified atom stereocenters. The number of carbonyl (C=O) groups excluding carboxylic acids is 2. The van der Waals surface area contributed by atoms with E-state index in [1.807, 2.05) is 21.1 Å². The third kappa shape index (κ3) is 60.7. The molecular weight excluding hydrogens is 983 g/mol. The van der Waals surface area contributed by atoms with Gasteiger partial charge >= 0.3 is 17.9 Å². The van der Waals surface area contributed by atoms with Crippen molar-refractivity contribution < 1.29 is 42.9 Å². The highest BCUT2D eigenvalue weighted by Crippen LogP contribution is 2.15. The maximum absolute atomic E-state index is 12.9. The molecule has 0 fully saturated rings. The van der Waals surface area contributed by atoms with Crippen LogP contribution in [0.1, 0.15) is 219 Å². The van der Waals surface area contributed by atoms with Gasteiger partial charge in [0.15, 0.2) is 6.10 Å². The van der Waals surface area contributed by atoms with Crippen molar-refractivity contribution in [2.75, 3.05) is 47.5 Å². The van der Waals surface area contributed by atoms with Crippen LogP contribution in [-0.4, -0.2) is 87.4 Å². The van der Waals surface area contributed by atoms with E-state index in [4.69, 9.17) is 18.9 Å². The molecule has 0 rings (SSSR count). The Bertz CT molecular complexity index is 1800. The first-order valence-corrected chi connectivity index (χ1v) is 31.0. The summed E-state index contributed by atoms with van der Waals surface area (Å²) in [5, 5.41) is 9.71. The Balaban J connectivity index is 4.17. The van der Waals surface area contributed by atoms with Crippen LogP contribution in [0.25, 0.3) is 0 Å². The van der Waals surface area contributed by atoms with Crippen molar-refractivity contribution in [1.29, 1.82) is 0 Å². The van der Waals surface area contributed by atoms with Gasteiger partial charge in [0.2, 0.25) is 0 Å². The van der Waals surface area contributed by atoms with Gasteiger partial charge in [0.05, 0.1) is 34.4 Å². The Hall–Kier alpha value is -4.83. The first-order chi connectivity index (χ1) is 38.6. The summed E-state index contributed by atoms with van der Waals surface area (Å²) in [5.41, 5.74) is 0. The summed E-state index contributed by atoms with van der Waals surface area (Å²) in [6, 6.07) is 0. The van der Waals surface area contributed by atoms with Gasteiger partial charge in [-0.05, 0) is 109 Å². The lowest BCUT2D eigenvalue weighted by molar-refractivity contribution is -0.870. The van der Waals surface area contributed by atoms with E-state index in [-0.39, 0.29) is 32.7 Å². The standard InChI is InChI=1S/C70H113NO8/c1-6-8-10-12-14-16-18-20-22-24-25-26-27-28-29-30-31-32-33-34-35-36-37-38-39-40-41-42-43-45-47-49-51-53-55-57-59-61-68(73)79-66(65-78-70(69(74)75)76-63-62-71(3,4)5)64-77-67(72)60-58-56-54-52-50-48-46-44-23-21-19-17-15-13-11-9-7-2/h8-11,14-17,20-23,25-26,28-29,31-32,34-35,46,48,52,54,66,70H,6-7,12-13,18-19,24,27,30,33,36-45,47,49-51,53,55-65H2,1-5H3/p+1/b10-8-,11-9-,16-14-,17-15-,22-20-,23-21-,26-25-,29-28-,32-31-,35-34-,48-46-,54-52-. The lowest BCUT2D eigenvalue weighted by Gasteiger charge is -2.25. The second-order valence-electron chi connectivity index (χ2n) is 21.2. The van der Waals surface area contributed by atoms with Crippen LogP contribution in [0.2, 0.25) is 0 Å². The quantitative estimate of drug-likeness (QED) is 0.0211. The van der Waals surface area contributed by atoms with Gasteiger partial charge in [-0.1, -0.05) is 243 Å². The Labute approximate surface area is 483 Å². The molecule has 0 saturated carbocycles. The molecule has 0 aromatic heterocycles. The highest BCUT2D eigenvalue weighted by molar-refractivity contribution is 5.71. The number of likely N-dealkylation sites (N-methyl/N-ethyl adjacent to an activating group) is 1. The van der Waals surface area contributed by atoms with Crippen molar-refractivity contribution in [1.82, 2.24) is 0 Å².